The van der Waals surface area contributed by atoms with Crippen molar-refractivity contribution in [2.45, 2.75) is 25.5 Å². The maximum atomic E-state index is 13.3. The fourth-order valence-electron chi connectivity index (χ4n) is 3.60. The molecule has 1 fully saturated rings. The summed E-state index contributed by atoms with van der Waals surface area (Å²) >= 11 is 6.25. The molecule has 0 spiro atoms. The van der Waals surface area contributed by atoms with Crippen molar-refractivity contribution in [2.24, 2.45) is 0 Å². The fourth-order valence-corrected chi connectivity index (χ4v) is 3.80. The lowest BCUT2D eigenvalue weighted by molar-refractivity contribution is 0.0849. The number of hydrogen-bond acceptors (Lipinski definition) is 6. The van der Waals surface area contributed by atoms with E-state index < -0.39 is 22.9 Å². The highest BCUT2D eigenvalue weighted by Crippen LogP contribution is 2.16. The first-order valence-electron chi connectivity index (χ1n) is 10.5. The number of nitrogens with one attached hydrogen (secondary N) is 1. The third-order valence-corrected chi connectivity index (χ3v) is 5.74. The van der Waals surface area contributed by atoms with Crippen molar-refractivity contribution >= 4 is 17.5 Å². The van der Waals surface area contributed by atoms with Gasteiger partial charge in [-0.25, -0.2) is 4.79 Å². The van der Waals surface area contributed by atoms with Crippen molar-refractivity contribution in [3.8, 4) is 11.4 Å². The second-order valence-electron chi connectivity index (χ2n) is 7.57. The molecule has 0 aliphatic carbocycles. The molecule has 2 heterocycles. The summed E-state index contributed by atoms with van der Waals surface area (Å²) in [5.41, 5.74) is -0.997. The molecule has 0 unspecified atom stereocenters. The standard InChI is InChI=1S/C23H23ClN4O5/c1-32-17-8-4-7-16(12-17)28-23(31)27(14-15-6-2-3-10-19(15)24)22(30)20(26-28)21(29)25-13-18-9-5-11-33-18/h2-4,6-8,10,12,18H,5,9,11,13-14H2,1H3,(H,25,29)/t18-/m0/s1. The molecule has 33 heavy (non-hydrogen) atoms. The lowest BCUT2D eigenvalue weighted by Gasteiger charge is -2.14. The Bertz CT molecular complexity index is 1280. The van der Waals surface area contributed by atoms with Gasteiger partial charge in [-0.1, -0.05) is 35.9 Å². The quantitative estimate of drug-likeness (QED) is 0.566. The van der Waals surface area contributed by atoms with Gasteiger partial charge in [-0.15, -0.1) is 0 Å². The third-order valence-electron chi connectivity index (χ3n) is 5.37. The Morgan fingerprint density at radius 3 is 2.79 bits per heavy atom. The first-order valence-corrected chi connectivity index (χ1v) is 10.9. The zero-order valence-electron chi connectivity index (χ0n) is 18.0. The summed E-state index contributed by atoms with van der Waals surface area (Å²) in [6.07, 6.45) is 1.64. The van der Waals surface area contributed by atoms with E-state index in [-0.39, 0.29) is 19.2 Å². The number of halogens is 1. The molecule has 10 heteroatoms. The molecule has 0 saturated carbocycles. The molecule has 4 rings (SSSR count). The van der Waals surface area contributed by atoms with Crippen LogP contribution in [0, 0.1) is 0 Å². The third kappa shape index (κ3) is 4.99. The highest BCUT2D eigenvalue weighted by atomic mass is 35.5. The van der Waals surface area contributed by atoms with Crippen LogP contribution in [0.1, 0.15) is 28.9 Å². The second-order valence-corrected chi connectivity index (χ2v) is 7.98. The van der Waals surface area contributed by atoms with Gasteiger partial charge in [0.05, 0.1) is 25.4 Å². The van der Waals surface area contributed by atoms with Gasteiger partial charge in [-0.2, -0.15) is 9.78 Å². The molecule has 0 bridgehead atoms. The molecule has 0 radical (unpaired) electrons. The van der Waals surface area contributed by atoms with Crippen LogP contribution in [0.2, 0.25) is 5.02 Å². The van der Waals surface area contributed by atoms with Crippen LogP contribution in [0.4, 0.5) is 0 Å². The van der Waals surface area contributed by atoms with Crippen LogP contribution in [0.5, 0.6) is 5.75 Å². The number of benzene rings is 2. The van der Waals surface area contributed by atoms with Crippen molar-refractivity contribution in [1.82, 2.24) is 19.7 Å². The molecule has 1 aliphatic heterocycles. The normalized spacial score (nSPS) is 15.4. The number of carbonyl (C=O) groups excluding carboxylic acids is 1. The molecule has 1 aliphatic rings. The fraction of sp³-hybridized carbons (Fsp3) is 0.304. The summed E-state index contributed by atoms with van der Waals surface area (Å²) in [7, 11) is 1.50. The molecular formula is C23H23ClN4O5. The summed E-state index contributed by atoms with van der Waals surface area (Å²) < 4.78 is 12.7. The van der Waals surface area contributed by atoms with Crippen LogP contribution in [0.3, 0.4) is 0 Å². The molecule has 1 N–H and O–H groups in total. The summed E-state index contributed by atoms with van der Waals surface area (Å²) in [5, 5.41) is 7.22. The van der Waals surface area contributed by atoms with E-state index in [0.717, 1.165) is 22.1 Å². The average molecular weight is 471 g/mol. The Morgan fingerprint density at radius 1 is 1.24 bits per heavy atom. The molecule has 1 atom stereocenters. The van der Waals surface area contributed by atoms with Crippen LogP contribution in [0.15, 0.2) is 58.1 Å². The number of amides is 1. The van der Waals surface area contributed by atoms with Crippen LogP contribution in [-0.2, 0) is 11.3 Å². The van der Waals surface area contributed by atoms with Crippen molar-refractivity contribution in [3.63, 3.8) is 0 Å². The molecular weight excluding hydrogens is 448 g/mol. The zero-order valence-corrected chi connectivity index (χ0v) is 18.7. The van der Waals surface area contributed by atoms with E-state index in [4.69, 9.17) is 21.1 Å². The Hall–Kier alpha value is -3.43. The van der Waals surface area contributed by atoms with Crippen LogP contribution < -0.4 is 21.3 Å². The van der Waals surface area contributed by atoms with E-state index in [9.17, 15) is 14.4 Å². The Morgan fingerprint density at radius 2 is 2.06 bits per heavy atom. The van der Waals surface area contributed by atoms with Gasteiger partial charge in [0.2, 0.25) is 5.69 Å². The first kappa shape index (κ1) is 22.8. The highest BCUT2D eigenvalue weighted by Gasteiger charge is 2.23. The Balaban J connectivity index is 1.79. The Kier molecular flexibility index (Phi) is 6.90. The molecule has 1 aromatic heterocycles. The van der Waals surface area contributed by atoms with Crippen molar-refractivity contribution in [2.75, 3.05) is 20.3 Å². The molecule has 9 nitrogen and oxygen atoms in total. The maximum absolute atomic E-state index is 13.3. The monoisotopic (exact) mass is 470 g/mol. The van der Waals surface area contributed by atoms with Crippen LogP contribution >= 0.6 is 11.6 Å². The van der Waals surface area contributed by atoms with Crippen molar-refractivity contribution in [1.29, 1.82) is 0 Å². The SMILES string of the molecule is COc1cccc(-n2nc(C(=O)NC[C@@H]3CCCO3)c(=O)n(Cc3ccccc3Cl)c2=O)c1. The zero-order chi connectivity index (χ0) is 23.4. The van der Waals surface area contributed by atoms with E-state index in [2.05, 4.69) is 10.4 Å². The number of rotatable bonds is 7. The molecule has 172 valence electrons. The largest absolute Gasteiger partial charge is 0.497 e. The molecule has 3 aromatic rings. The second kappa shape index (κ2) is 10.0. The number of carbonyl (C=O) groups is 1. The van der Waals surface area contributed by atoms with Crippen LogP contribution in [0.25, 0.3) is 5.69 Å². The average Bonchev–Trinajstić information content (AvgIpc) is 3.35. The van der Waals surface area contributed by atoms with Gasteiger partial charge in [-0.3, -0.25) is 14.2 Å². The highest BCUT2D eigenvalue weighted by molar-refractivity contribution is 6.31. The van der Waals surface area contributed by atoms with E-state index in [1.807, 2.05) is 0 Å². The molecule has 1 saturated heterocycles. The van der Waals surface area contributed by atoms with Crippen molar-refractivity contribution in [3.05, 3.63) is 85.6 Å². The minimum absolute atomic E-state index is 0.108. The number of methoxy groups -OCH3 is 1. The maximum Gasteiger partial charge on any atom is 0.352 e. The summed E-state index contributed by atoms with van der Waals surface area (Å²) in [5.74, 6) is -0.186. The first-order chi connectivity index (χ1) is 16.0. The minimum atomic E-state index is -0.802. The topological polar surface area (TPSA) is 104 Å². The Labute approximate surface area is 194 Å². The van der Waals surface area contributed by atoms with E-state index in [0.29, 0.717) is 28.6 Å². The summed E-state index contributed by atoms with van der Waals surface area (Å²) in [4.78, 5) is 39.4. The predicted molar refractivity (Wildman–Crippen MR) is 123 cm³/mol. The predicted octanol–water partition coefficient (Wildman–Crippen LogP) is 2.01. The molecule has 1 amide bonds. The van der Waals surface area contributed by atoms with Crippen molar-refractivity contribution < 1.29 is 14.3 Å². The van der Waals surface area contributed by atoms with Gasteiger partial charge in [0.1, 0.15) is 5.75 Å². The number of hydrogen-bond donors (Lipinski definition) is 1. The number of nitrogens with zero attached hydrogens (tertiary/aromatic N) is 3. The minimum Gasteiger partial charge on any atom is -0.497 e. The lowest BCUT2D eigenvalue weighted by Crippen LogP contribution is -2.46. The number of ether oxygens (including phenoxy) is 2. The lowest BCUT2D eigenvalue weighted by atomic mass is 10.2. The van der Waals surface area contributed by atoms with E-state index in [1.165, 1.54) is 7.11 Å². The van der Waals surface area contributed by atoms with E-state index in [1.54, 1.807) is 48.5 Å². The molecule has 2 aromatic carbocycles. The van der Waals surface area contributed by atoms with Gasteiger partial charge >= 0.3 is 5.69 Å². The summed E-state index contributed by atoms with van der Waals surface area (Å²) in [6.45, 7) is 0.781. The van der Waals surface area contributed by atoms with Gasteiger partial charge in [-0.05, 0) is 36.6 Å². The van der Waals surface area contributed by atoms with Crippen LogP contribution in [-0.4, -0.2) is 46.6 Å². The van der Waals surface area contributed by atoms with Gasteiger partial charge < -0.3 is 14.8 Å². The number of aromatic nitrogens is 3. The van der Waals surface area contributed by atoms with E-state index >= 15 is 0 Å². The summed E-state index contributed by atoms with van der Waals surface area (Å²) in [6, 6.07) is 13.5. The smallest absolute Gasteiger partial charge is 0.352 e. The van der Waals surface area contributed by atoms with Gasteiger partial charge in [0, 0.05) is 24.2 Å². The van der Waals surface area contributed by atoms with Gasteiger partial charge in [0.15, 0.2) is 0 Å². The van der Waals surface area contributed by atoms with Gasteiger partial charge in [0.25, 0.3) is 11.5 Å².